The summed E-state index contributed by atoms with van der Waals surface area (Å²) < 4.78 is 6.22. The lowest BCUT2D eigenvalue weighted by molar-refractivity contribution is 0.0401. The molecule has 0 radical (unpaired) electrons. The molecule has 116 valence electrons. The highest BCUT2D eigenvalue weighted by atomic mass is 16.5. The first-order valence-electron chi connectivity index (χ1n) is 8.49. The predicted octanol–water partition coefficient (Wildman–Crippen LogP) is 4.20. The number of fused-ring (bicyclic) bond motifs is 1. The van der Waals surface area contributed by atoms with Gasteiger partial charge in [-0.1, -0.05) is 57.9 Å². The fourth-order valence-corrected chi connectivity index (χ4v) is 3.64. The van der Waals surface area contributed by atoms with E-state index in [0.29, 0.717) is 6.04 Å². The predicted molar refractivity (Wildman–Crippen MR) is 87.6 cm³/mol. The van der Waals surface area contributed by atoms with Gasteiger partial charge in [0.05, 0.1) is 12.7 Å². The molecule has 1 heterocycles. The van der Waals surface area contributed by atoms with E-state index in [1.807, 2.05) is 0 Å². The van der Waals surface area contributed by atoms with Gasteiger partial charge in [0.2, 0.25) is 0 Å². The second-order valence-corrected chi connectivity index (χ2v) is 7.75. The summed E-state index contributed by atoms with van der Waals surface area (Å²) in [6.07, 6.45) is 5.61. The molecule has 1 aliphatic carbocycles. The molecule has 21 heavy (non-hydrogen) atoms. The zero-order valence-electron chi connectivity index (χ0n) is 13.7. The van der Waals surface area contributed by atoms with Crippen LogP contribution in [0.15, 0.2) is 24.3 Å². The first-order chi connectivity index (χ1) is 10.0. The van der Waals surface area contributed by atoms with E-state index in [1.165, 1.54) is 36.8 Å². The molecule has 3 atom stereocenters. The van der Waals surface area contributed by atoms with Crippen LogP contribution >= 0.6 is 0 Å². The highest BCUT2D eigenvalue weighted by molar-refractivity contribution is 5.29. The minimum absolute atomic E-state index is 0.213. The van der Waals surface area contributed by atoms with Crippen molar-refractivity contribution in [1.82, 2.24) is 5.32 Å². The van der Waals surface area contributed by atoms with Crippen LogP contribution in [0.25, 0.3) is 0 Å². The van der Waals surface area contributed by atoms with E-state index in [0.717, 1.165) is 19.1 Å². The molecule has 2 aliphatic rings. The number of rotatable bonds is 1. The van der Waals surface area contributed by atoms with Crippen molar-refractivity contribution in [2.45, 2.75) is 64.0 Å². The number of hydrogen-bond donors (Lipinski definition) is 1. The third kappa shape index (κ3) is 3.49. The Kier molecular flexibility index (Phi) is 4.37. The van der Waals surface area contributed by atoms with E-state index in [-0.39, 0.29) is 11.5 Å². The molecule has 1 saturated heterocycles. The highest BCUT2D eigenvalue weighted by Crippen LogP contribution is 2.31. The molecule has 0 spiro atoms. The van der Waals surface area contributed by atoms with Crippen LogP contribution in [-0.2, 0) is 10.2 Å². The van der Waals surface area contributed by atoms with Gasteiger partial charge in [-0.05, 0) is 35.3 Å². The summed E-state index contributed by atoms with van der Waals surface area (Å²) in [6.45, 7) is 8.66. The molecule has 0 amide bonds. The minimum Gasteiger partial charge on any atom is -0.372 e. The quantitative estimate of drug-likeness (QED) is 0.835. The summed E-state index contributed by atoms with van der Waals surface area (Å²) in [5, 5.41) is 3.75. The fourth-order valence-electron chi connectivity index (χ4n) is 3.64. The minimum atomic E-state index is 0.213. The molecule has 0 aromatic heterocycles. The van der Waals surface area contributed by atoms with Gasteiger partial charge in [0.15, 0.2) is 0 Å². The van der Waals surface area contributed by atoms with Gasteiger partial charge in [-0.2, -0.15) is 0 Å². The first-order valence-corrected chi connectivity index (χ1v) is 8.49. The second kappa shape index (κ2) is 6.10. The Morgan fingerprint density at radius 1 is 1.05 bits per heavy atom. The van der Waals surface area contributed by atoms with E-state index in [1.54, 1.807) is 0 Å². The lowest BCUT2D eigenvalue weighted by Crippen LogP contribution is -2.38. The average Bonchev–Trinajstić information content (AvgIpc) is 2.69. The molecule has 1 saturated carbocycles. The van der Waals surface area contributed by atoms with Crippen molar-refractivity contribution >= 4 is 0 Å². The maximum absolute atomic E-state index is 6.22. The molecule has 1 aromatic carbocycles. The van der Waals surface area contributed by atoms with Crippen molar-refractivity contribution < 1.29 is 4.74 Å². The van der Waals surface area contributed by atoms with Crippen LogP contribution < -0.4 is 5.32 Å². The van der Waals surface area contributed by atoms with Crippen molar-refractivity contribution in [1.29, 1.82) is 0 Å². The van der Waals surface area contributed by atoms with E-state index in [9.17, 15) is 0 Å². The number of benzene rings is 1. The number of hydrogen-bond acceptors (Lipinski definition) is 2. The van der Waals surface area contributed by atoms with Gasteiger partial charge < -0.3 is 10.1 Å². The van der Waals surface area contributed by atoms with Crippen molar-refractivity contribution in [3.05, 3.63) is 35.4 Å². The maximum atomic E-state index is 6.22. The van der Waals surface area contributed by atoms with Gasteiger partial charge in [0.1, 0.15) is 0 Å². The van der Waals surface area contributed by atoms with Crippen molar-refractivity contribution in [2.24, 2.45) is 5.92 Å². The summed E-state index contributed by atoms with van der Waals surface area (Å²) in [7, 11) is 0. The van der Waals surface area contributed by atoms with Crippen LogP contribution in [-0.4, -0.2) is 19.2 Å². The van der Waals surface area contributed by atoms with Crippen molar-refractivity contribution in [3.63, 3.8) is 0 Å². The van der Waals surface area contributed by atoms with Gasteiger partial charge in [-0.25, -0.2) is 0 Å². The monoisotopic (exact) mass is 287 g/mol. The van der Waals surface area contributed by atoms with E-state index in [2.05, 4.69) is 50.4 Å². The van der Waals surface area contributed by atoms with E-state index < -0.39 is 0 Å². The molecular weight excluding hydrogens is 258 g/mol. The zero-order chi connectivity index (χ0) is 14.9. The fraction of sp³-hybridized carbons (Fsp3) is 0.684. The summed E-state index contributed by atoms with van der Waals surface area (Å²) in [4.78, 5) is 0. The Bertz CT molecular complexity index is 443. The van der Waals surface area contributed by atoms with Crippen LogP contribution in [0.1, 0.15) is 63.7 Å². The molecule has 1 aliphatic heterocycles. The van der Waals surface area contributed by atoms with Crippen LogP contribution in [0.4, 0.5) is 0 Å². The number of ether oxygens (including phenoxy) is 1. The zero-order valence-corrected chi connectivity index (χ0v) is 13.7. The molecular formula is C19H29NO. The SMILES string of the molecule is CC(C)(C)c1ccc(C2CNC3CCCCC3CO2)cc1. The van der Waals surface area contributed by atoms with Crippen LogP contribution in [0.2, 0.25) is 0 Å². The van der Waals surface area contributed by atoms with Gasteiger partial charge in [-0.15, -0.1) is 0 Å². The lowest BCUT2D eigenvalue weighted by Gasteiger charge is -2.29. The standard InChI is InChI=1S/C19H29NO/c1-19(2,3)16-10-8-14(9-11-16)18-12-20-17-7-5-4-6-15(17)13-21-18/h8-11,15,17-18,20H,4-7,12-13H2,1-3H3. The van der Waals surface area contributed by atoms with Gasteiger partial charge in [0, 0.05) is 12.6 Å². The molecule has 2 fully saturated rings. The van der Waals surface area contributed by atoms with E-state index in [4.69, 9.17) is 4.74 Å². The maximum Gasteiger partial charge on any atom is 0.0949 e. The van der Waals surface area contributed by atoms with Crippen molar-refractivity contribution in [2.75, 3.05) is 13.2 Å². The Balaban J connectivity index is 1.69. The summed E-state index contributed by atoms with van der Waals surface area (Å²) >= 11 is 0. The summed E-state index contributed by atoms with van der Waals surface area (Å²) in [5.74, 6) is 0.720. The molecule has 3 rings (SSSR count). The third-order valence-electron chi connectivity index (χ3n) is 5.13. The molecule has 2 heteroatoms. The first kappa shape index (κ1) is 15.1. The largest absolute Gasteiger partial charge is 0.372 e. The van der Waals surface area contributed by atoms with Crippen LogP contribution in [0.5, 0.6) is 0 Å². The molecule has 2 nitrogen and oxygen atoms in total. The molecule has 0 bridgehead atoms. The molecule has 1 aromatic rings. The van der Waals surface area contributed by atoms with Crippen LogP contribution in [0, 0.1) is 5.92 Å². The smallest absolute Gasteiger partial charge is 0.0949 e. The Morgan fingerprint density at radius 2 is 1.76 bits per heavy atom. The Hall–Kier alpha value is -0.860. The Labute approximate surface area is 129 Å². The van der Waals surface area contributed by atoms with Gasteiger partial charge in [-0.3, -0.25) is 0 Å². The van der Waals surface area contributed by atoms with Crippen LogP contribution in [0.3, 0.4) is 0 Å². The average molecular weight is 287 g/mol. The van der Waals surface area contributed by atoms with Gasteiger partial charge >= 0.3 is 0 Å². The Morgan fingerprint density at radius 3 is 2.48 bits per heavy atom. The topological polar surface area (TPSA) is 21.3 Å². The number of nitrogens with one attached hydrogen (secondary N) is 1. The highest BCUT2D eigenvalue weighted by Gasteiger charge is 2.30. The normalized spacial score (nSPS) is 30.5. The van der Waals surface area contributed by atoms with E-state index >= 15 is 0 Å². The molecule has 1 N–H and O–H groups in total. The molecule has 3 unspecified atom stereocenters. The lowest BCUT2D eigenvalue weighted by atomic mass is 9.85. The third-order valence-corrected chi connectivity index (χ3v) is 5.13. The second-order valence-electron chi connectivity index (χ2n) is 7.75. The summed E-state index contributed by atoms with van der Waals surface area (Å²) in [5.41, 5.74) is 2.92. The van der Waals surface area contributed by atoms with Gasteiger partial charge in [0.25, 0.3) is 0 Å². The summed E-state index contributed by atoms with van der Waals surface area (Å²) in [6, 6.07) is 9.70. The van der Waals surface area contributed by atoms with Crippen molar-refractivity contribution in [3.8, 4) is 0 Å².